The maximum absolute atomic E-state index is 14.1. The highest BCUT2D eigenvalue weighted by Gasteiger charge is 2.48. The van der Waals surface area contributed by atoms with Gasteiger partial charge in [-0.3, -0.25) is 14.9 Å². The Labute approximate surface area is 270 Å². The number of carboxylic acid groups (broad SMARTS) is 3. The molecule has 2 aliphatic heterocycles. The molecule has 0 radical (unpaired) electrons. The molecule has 3 N–H and O–H groups in total. The number of hydrogen-bond acceptors (Lipinski definition) is 7. The standard InChI is InChI=1S/C23H23FN4.3C2HF3O2/c24-20-8-2-1-6-18(20)14-27-13-10-23(16-27)17-28(15-19-7-3-4-11-25-19)21-9-5-12-26-22(21)23;3*3-2(4,5)1(6)7/h1-9,11-12H,10,13-17H2;3*(H,6,7). The molecule has 2 aromatic heterocycles. The zero-order valence-electron chi connectivity index (χ0n) is 24.7. The van der Waals surface area contributed by atoms with Gasteiger partial charge in [-0.2, -0.15) is 39.5 Å². The molecule has 0 amide bonds. The fraction of sp³-hybridized carbons (Fsp3) is 0.345. The minimum absolute atomic E-state index is 0.0105. The predicted molar refractivity (Wildman–Crippen MR) is 149 cm³/mol. The van der Waals surface area contributed by atoms with E-state index in [1.165, 1.54) is 11.4 Å². The van der Waals surface area contributed by atoms with Gasteiger partial charge in [0.1, 0.15) is 5.82 Å². The fourth-order valence-corrected chi connectivity index (χ4v) is 4.70. The summed E-state index contributed by atoms with van der Waals surface area (Å²) in [6.45, 7) is 4.24. The van der Waals surface area contributed by atoms with Gasteiger partial charge in [0.2, 0.25) is 0 Å². The second kappa shape index (κ2) is 16.4. The van der Waals surface area contributed by atoms with E-state index in [4.69, 9.17) is 34.7 Å². The molecule has 1 unspecified atom stereocenters. The minimum Gasteiger partial charge on any atom is -0.475 e. The number of carboxylic acids is 3. The van der Waals surface area contributed by atoms with E-state index >= 15 is 0 Å². The highest BCUT2D eigenvalue weighted by molar-refractivity contribution is 5.73. The van der Waals surface area contributed by atoms with Gasteiger partial charge < -0.3 is 20.2 Å². The van der Waals surface area contributed by atoms with E-state index in [1.54, 1.807) is 12.1 Å². The summed E-state index contributed by atoms with van der Waals surface area (Å²) in [7, 11) is 0. The van der Waals surface area contributed by atoms with Gasteiger partial charge >= 0.3 is 36.4 Å². The van der Waals surface area contributed by atoms with Crippen molar-refractivity contribution in [2.45, 2.75) is 43.5 Å². The van der Waals surface area contributed by atoms with Crippen molar-refractivity contribution in [3.8, 4) is 0 Å². The lowest BCUT2D eigenvalue weighted by Gasteiger charge is -2.26. The van der Waals surface area contributed by atoms with Crippen LogP contribution in [0, 0.1) is 5.82 Å². The molecule has 0 bridgehead atoms. The molecule has 49 heavy (non-hydrogen) atoms. The number of carbonyl (C=O) groups is 3. The third-order valence-corrected chi connectivity index (χ3v) is 6.71. The van der Waals surface area contributed by atoms with E-state index < -0.39 is 36.4 Å². The molecule has 2 aliphatic rings. The van der Waals surface area contributed by atoms with E-state index in [0.717, 1.165) is 43.9 Å². The van der Waals surface area contributed by atoms with Crippen LogP contribution in [-0.2, 0) is 32.9 Å². The molecule has 1 spiro atoms. The van der Waals surface area contributed by atoms with Crippen LogP contribution in [0.15, 0.2) is 67.0 Å². The molecule has 268 valence electrons. The Morgan fingerprint density at radius 3 is 1.69 bits per heavy atom. The average molecular weight is 717 g/mol. The summed E-state index contributed by atoms with van der Waals surface area (Å²) in [5.41, 5.74) is 4.24. The number of benzene rings is 1. The molecular weight excluding hydrogens is 690 g/mol. The molecule has 4 heterocycles. The van der Waals surface area contributed by atoms with E-state index in [2.05, 4.69) is 26.9 Å². The van der Waals surface area contributed by atoms with E-state index in [9.17, 15) is 43.9 Å². The monoisotopic (exact) mass is 716 g/mol. The number of halogens is 10. The summed E-state index contributed by atoms with van der Waals surface area (Å²) in [5, 5.41) is 21.4. The zero-order chi connectivity index (χ0) is 37.2. The number of alkyl halides is 9. The van der Waals surface area contributed by atoms with Crippen LogP contribution in [0.25, 0.3) is 0 Å². The zero-order valence-corrected chi connectivity index (χ0v) is 24.7. The molecule has 1 saturated heterocycles. The number of fused-ring (bicyclic) bond motifs is 2. The first-order valence-electron chi connectivity index (χ1n) is 13.5. The van der Waals surface area contributed by atoms with Crippen molar-refractivity contribution < 1.29 is 73.6 Å². The smallest absolute Gasteiger partial charge is 0.475 e. The van der Waals surface area contributed by atoms with Crippen LogP contribution >= 0.6 is 0 Å². The second-order valence-electron chi connectivity index (χ2n) is 10.3. The second-order valence-corrected chi connectivity index (χ2v) is 10.3. The van der Waals surface area contributed by atoms with Gasteiger partial charge in [0.05, 0.1) is 23.6 Å². The third kappa shape index (κ3) is 12.2. The van der Waals surface area contributed by atoms with Crippen LogP contribution < -0.4 is 4.90 Å². The highest BCUT2D eigenvalue weighted by atomic mass is 19.4. The van der Waals surface area contributed by atoms with Gasteiger partial charge in [-0.25, -0.2) is 18.8 Å². The van der Waals surface area contributed by atoms with Crippen LogP contribution in [0.5, 0.6) is 0 Å². The molecule has 1 fully saturated rings. The normalized spacial score (nSPS) is 17.1. The van der Waals surface area contributed by atoms with Crippen molar-refractivity contribution in [3.05, 3.63) is 89.8 Å². The van der Waals surface area contributed by atoms with Crippen molar-refractivity contribution in [2.75, 3.05) is 24.5 Å². The first-order valence-corrected chi connectivity index (χ1v) is 13.5. The van der Waals surface area contributed by atoms with Crippen LogP contribution in [0.1, 0.15) is 23.4 Å². The van der Waals surface area contributed by atoms with Gasteiger partial charge in [-0.1, -0.05) is 24.3 Å². The number of anilines is 1. The number of nitrogens with zero attached hydrogens (tertiary/aromatic N) is 4. The first kappa shape index (κ1) is 40.2. The Hall–Kier alpha value is -5.01. The lowest BCUT2D eigenvalue weighted by atomic mass is 9.85. The number of rotatable bonds is 4. The molecule has 0 aliphatic carbocycles. The van der Waals surface area contributed by atoms with E-state index in [1.807, 2.05) is 42.7 Å². The van der Waals surface area contributed by atoms with E-state index in [0.29, 0.717) is 6.54 Å². The molecular formula is C29H26F10N4O6. The fourth-order valence-electron chi connectivity index (χ4n) is 4.70. The predicted octanol–water partition coefficient (Wildman–Crippen LogP) is 5.68. The van der Waals surface area contributed by atoms with E-state index in [-0.39, 0.29) is 11.2 Å². The summed E-state index contributed by atoms with van der Waals surface area (Å²) in [5.74, 6) is -8.39. The lowest BCUT2D eigenvalue weighted by Crippen LogP contribution is -2.36. The van der Waals surface area contributed by atoms with Crippen molar-refractivity contribution >= 4 is 23.6 Å². The Morgan fingerprint density at radius 2 is 1.20 bits per heavy atom. The molecule has 1 atom stereocenters. The molecule has 5 rings (SSSR count). The Morgan fingerprint density at radius 1 is 0.694 bits per heavy atom. The minimum atomic E-state index is -5.08. The third-order valence-electron chi connectivity index (χ3n) is 6.71. The van der Waals surface area contributed by atoms with Crippen molar-refractivity contribution in [1.82, 2.24) is 14.9 Å². The maximum Gasteiger partial charge on any atom is 0.490 e. The summed E-state index contributed by atoms with van der Waals surface area (Å²) in [6.07, 6.45) is -10.5. The number of aromatic nitrogens is 2. The average Bonchev–Trinajstić information content (AvgIpc) is 3.54. The highest BCUT2D eigenvalue weighted by Crippen LogP contribution is 2.45. The molecule has 20 heteroatoms. The number of hydrogen-bond donors (Lipinski definition) is 3. The Balaban J connectivity index is 0.000000325. The Bertz CT molecular complexity index is 1510. The van der Waals surface area contributed by atoms with Crippen molar-refractivity contribution in [3.63, 3.8) is 0 Å². The molecule has 0 saturated carbocycles. The lowest BCUT2D eigenvalue weighted by molar-refractivity contribution is -0.193. The van der Waals surface area contributed by atoms with Crippen molar-refractivity contribution in [2.24, 2.45) is 0 Å². The van der Waals surface area contributed by atoms with Crippen molar-refractivity contribution in [1.29, 1.82) is 0 Å². The summed E-state index contributed by atoms with van der Waals surface area (Å²) in [6, 6.07) is 17.3. The van der Waals surface area contributed by atoms with Gasteiger partial charge in [0, 0.05) is 43.0 Å². The first-order chi connectivity index (χ1) is 22.6. The van der Waals surface area contributed by atoms with Gasteiger partial charge in [0.15, 0.2) is 0 Å². The van der Waals surface area contributed by atoms with Crippen LogP contribution in [0.3, 0.4) is 0 Å². The number of likely N-dealkylation sites (tertiary alicyclic amines) is 1. The van der Waals surface area contributed by atoms with Gasteiger partial charge in [-0.15, -0.1) is 0 Å². The maximum atomic E-state index is 14.1. The molecule has 1 aromatic carbocycles. The van der Waals surface area contributed by atoms with Gasteiger partial charge in [0.25, 0.3) is 0 Å². The van der Waals surface area contributed by atoms with Crippen LogP contribution in [-0.4, -0.2) is 86.3 Å². The van der Waals surface area contributed by atoms with Crippen LogP contribution in [0.2, 0.25) is 0 Å². The number of aliphatic carboxylic acids is 3. The quantitative estimate of drug-likeness (QED) is 0.289. The Kier molecular flexibility index (Phi) is 13.4. The summed E-state index contributed by atoms with van der Waals surface area (Å²) >= 11 is 0. The van der Waals surface area contributed by atoms with Gasteiger partial charge in [-0.05, 0) is 43.3 Å². The topological polar surface area (TPSA) is 144 Å². The van der Waals surface area contributed by atoms with Crippen LogP contribution in [0.4, 0.5) is 49.6 Å². The SMILES string of the molecule is Fc1ccccc1CN1CCC2(C1)CN(Cc1ccccn1)c1cccnc12.O=C(O)C(F)(F)F.O=C(O)C(F)(F)F.O=C(O)C(F)(F)F. The summed E-state index contributed by atoms with van der Waals surface area (Å²) in [4.78, 5) is 40.7. The summed E-state index contributed by atoms with van der Waals surface area (Å²) < 4.78 is 109. The largest absolute Gasteiger partial charge is 0.490 e. The molecule has 3 aromatic rings. The number of pyridine rings is 2. The molecule has 10 nitrogen and oxygen atoms in total.